The number of amides is 1. The lowest BCUT2D eigenvalue weighted by Gasteiger charge is -2.29. The molecule has 0 saturated heterocycles. The van der Waals surface area contributed by atoms with Crippen LogP contribution in [-0.4, -0.2) is 68.5 Å². The number of carbonyl (C=O) groups excluding carboxylic acids is 1. The molecule has 48 heavy (non-hydrogen) atoms. The Kier molecular flexibility index (Phi) is 29.2. The fraction of sp³-hybridized carbons (Fsp3) is 0.615. The summed E-state index contributed by atoms with van der Waals surface area (Å²) in [6.45, 7) is 4.24. The van der Waals surface area contributed by atoms with E-state index in [4.69, 9.17) is 9.05 Å². The maximum absolute atomic E-state index is 12.6. The Morgan fingerprint density at radius 3 is 1.79 bits per heavy atom. The van der Waals surface area contributed by atoms with Crippen LogP contribution in [-0.2, 0) is 18.4 Å². The van der Waals surface area contributed by atoms with Gasteiger partial charge in [-0.05, 0) is 64.2 Å². The summed E-state index contributed by atoms with van der Waals surface area (Å²) >= 11 is 0. The molecule has 0 radical (unpaired) electrons. The Balaban J connectivity index is 4.20. The van der Waals surface area contributed by atoms with Gasteiger partial charge in [0, 0.05) is 6.42 Å². The Bertz CT molecular complexity index is 1060. The molecule has 0 rings (SSSR count). The van der Waals surface area contributed by atoms with Crippen LogP contribution in [0.3, 0.4) is 0 Å². The quantitative estimate of drug-likeness (QED) is 0.0339. The number of rotatable bonds is 30. The molecule has 0 aliphatic heterocycles. The summed E-state index contributed by atoms with van der Waals surface area (Å²) in [5.41, 5.74) is 0. The molecule has 0 fully saturated rings. The second kappa shape index (κ2) is 30.7. The summed E-state index contributed by atoms with van der Waals surface area (Å²) in [6, 6.07) is -0.900. The number of carbonyl (C=O) groups is 1. The third kappa shape index (κ3) is 32.2. The number of likely N-dealkylation sites (N-methyl/N-ethyl adjacent to an activating group) is 1. The topological polar surface area (TPSA) is 108 Å². The summed E-state index contributed by atoms with van der Waals surface area (Å²) in [5.74, 6) is -0.241. The van der Waals surface area contributed by atoms with E-state index in [0.717, 1.165) is 83.5 Å². The van der Waals surface area contributed by atoms with E-state index in [-0.39, 0.29) is 12.5 Å². The number of aliphatic hydroxyl groups is 1. The first kappa shape index (κ1) is 45.7. The number of quaternary nitrogens is 1. The zero-order chi connectivity index (χ0) is 35.8. The molecule has 2 N–H and O–H groups in total. The molecule has 0 aromatic carbocycles. The first-order valence-electron chi connectivity index (χ1n) is 17.9. The van der Waals surface area contributed by atoms with Crippen molar-refractivity contribution in [2.75, 3.05) is 40.9 Å². The van der Waals surface area contributed by atoms with Crippen LogP contribution in [0, 0.1) is 0 Å². The normalized spacial score (nSPS) is 15.7. The zero-order valence-corrected chi connectivity index (χ0v) is 31.5. The molecule has 8 nitrogen and oxygen atoms in total. The summed E-state index contributed by atoms with van der Waals surface area (Å²) in [7, 11) is 1.21. The predicted octanol–water partition coefficient (Wildman–Crippen LogP) is 8.43. The van der Waals surface area contributed by atoms with Gasteiger partial charge < -0.3 is 28.8 Å². The molecule has 0 heterocycles. The predicted molar refractivity (Wildman–Crippen MR) is 200 cm³/mol. The minimum Gasteiger partial charge on any atom is -0.756 e. The zero-order valence-electron chi connectivity index (χ0n) is 30.6. The number of allylic oxidation sites excluding steroid dienone is 13. The molecule has 3 atom stereocenters. The second-order valence-electron chi connectivity index (χ2n) is 12.8. The fourth-order valence-electron chi connectivity index (χ4n) is 4.22. The Labute approximate surface area is 293 Å². The molecule has 0 bridgehead atoms. The molecule has 274 valence electrons. The number of aliphatic hydroxyl groups excluding tert-OH is 1. The molecule has 1 amide bonds. The van der Waals surface area contributed by atoms with Crippen LogP contribution in [0.5, 0.6) is 0 Å². The molecule has 9 heteroatoms. The molecule has 3 unspecified atom stereocenters. The Hall–Kier alpha value is -2.32. The largest absolute Gasteiger partial charge is 0.756 e. The van der Waals surface area contributed by atoms with Gasteiger partial charge in [-0.25, -0.2) is 0 Å². The van der Waals surface area contributed by atoms with Gasteiger partial charge in [-0.3, -0.25) is 9.36 Å². The van der Waals surface area contributed by atoms with Gasteiger partial charge in [0.15, 0.2) is 0 Å². The first-order valence-corrected chi connectivity index (χ1v) is 19.4. The fourth-order valence-corrected chi connectivity index (χ4v) is 4.94. The van der Waals surface area contributed by atoms with E-state index >= 15 is 0 Å². The van der Waals surface area contributed by atoms with Gasteiger partial charge in [0.2, 0.25) is 5.91 Å². The van der Waals surface area contributed by atoms with Crippen molar-refractivity contribution in [3.63, 3.8) is 0 Å². The lowest BCUT2D eigenvalue weighted by molar-refractivity contribution is -0.870. The number of nitrogens with zero attached hydrogens (tertiary/aromatic N) is 1. The number of nitrogens with one attached hydrogen (secondary N) is 1. The second-order valence-corrected chi connectivity index (χ2v) is 14.3. The van der Waals surface area contributed by atoms with Crippen LogP contribution in [0.25, 0.3) is 0 Å². The average Bonchev–Trinajstić information content (AvgIpc) is 3.02. The third-order valence-electron chi connectivity index (χ3n) is 7.09. The Morgan fingerprint density at radius 2 is 1.27 bits per heavy atom. The molecular formula is C39H67N2O6P. The minimum absolute atomic E-state index is 0.0135. The van der Waals surface area contributed by atoms with Crippen molar-refractivity contribution in [2.45, 2.75) is 116 Å². The summed E-state index contributed by atoms with van der Waals surface area (Å²) in [5, 5.41) is 13.3. The molecular weight excluding hydrogens is 623 g/mol. The number of hydrogen-bond acceptors (Lipinski definition) is 6. The van der Waals surface area contributed by atoms with Crippen LogP contribution in [0.2, 0.25) is 0 Å². The highest BCUT2D eigenvalue weighted by Gasteiger charge is 2.23. The lowest BCUT2D eigenvalue weighted by Crippen LogP contribution is -2.45. The van der Waals surface area contributed by atoms with Crippen LogP contribution in [0.4, 0.5) is 0 Å². The molecule has 0 aromatic rings. The van der Waals surface area contributed by atoms with Crippen molar-refractivity contribution in [1.82, 2.24) is 5.32 Å². The monoisotopic (exact) mass is 690 g/mol. The van der Waals surface area contributed by atoms with Gasteiger partial charge in [-0.2, -0.15) is 0 Å². The van der Waals surface area contributed by atoms with E-state index in [1.165, 1.54) is 0 Å². The lowest BCUT2D eigenvalue weighted by atomic mass is 10.1. The van der Waals surface area contributed by atoms with E-state index in [2.05, 4.69) is 85.2 Å². The number of hydrogen-bond donors (Lipinski definition) is 2. The van der Waals surface area contributed by atoms with Crippen LogP contribution in [0.15, 0.2) is 85.1 Å². The molecule has 0 aliphatic carbocycles. The van der Waals surface area contributed by atoms with Crippen molar-refractivity contribution < 1.29 is 32.9 Å². The minimum atomic E-state index is -4.57. The van der Waals surface area contributed by atoms with E-state index in [1.807, 2.05) is 34.1 Å². The SMILES string of the molecule is CC/C=C\C/C=C\C/C=C\C/C=C\C/C=C\C/C=C\CCCCCCC(=O)NC(COP(=O)([O-])OCC[N+](C)(C)C)C(O)/C=C/CCC. The van der Waals surface area contributed by atoms with Gasteiger partial charge in [-0.15, -0.1) is 0 Å². The Morgan fingerprint density at radius 1 is 0.750 bits per heavy atom. The number of phosphoric acid groups is 1. The standard InChI is InChI=1S/C39H67N2O6P/c1-6-8-10-11-12-13-14-15-16-17-18-19-20-21-22-23-24-25-26-27-28-29-31-33-39(43)40-37(38(42)32-30-9-7-2)36-47-48(44,45)46-35-34-41(3,4)5/h8,10,12-13,15-16,18-19,21-22,24-25,30,32,37-38,42H,6-7,9,11,14,17,20,23,26-29,31,33-36H2,1-5H3,(H-,40,43,44,45)/b10-8-,13-12-,16-15-,19-18-,22-21-,25-24-,32-30+. The highest BCUT2D eigenvalue weighted by Crippen LogP contribution is 2.38. The maximum Gasteiger partial charge on any atom is 0.268 e. The van der Waals surface area contributed by atoms with E-state index < -0.39 is 26.6 Å². The third-order valence-corrected chi connectivity index (χ3v) is 8.06. The van der Waals surface area contributed by atoms with E-state index in [0.29, 0.717) is 17.4 Å². The van der Waals surface area contributed by atoms with Crippen molar-refractivity contribution >= 4 is 13.7 Å². The van der Waals surface area contributed by atoms with Crippen LogP contribution in [0.1, 0.15) is 104 Å². The van der Waals surface area contributed by atoms with Gasteiger partial charge in [-0.1, -0.05) is 118 Å². The van der Waals surface area contributed by atoms with E-state index in [1.54, 1.807) is 6.08 Å². The highest BCUT2D eigenvalue weighted by atomic mass is 31.2. The van der Waals surface area contributed by atoms with Gasteiger partial charge in [0.25, 0.3) is 7.82 Å². The van der Waals surface area contributed by atoms with Crippen molar-refractivity contribution in [3.05, 3.63) is 85.1 Å². The summed E-state index contributed by atoms with van der Waals surface area (Å²) in [4.78, 5) is 24.8. The van der Waals surface area contributed by atoms with Crippen LogP contribution < -0.4 is 10.2 Å². The first-order chi connectivity index (χ1) is 23.0. The van der Waals surface area contributed by atoms with Gasteiger partial charge in [0.1, 0.15) is 13.2 Å². The summed E-state index contributed by atoms with van der Waals surface area (Å²) < 4.78 is 22.8. The highest BCUT2D eigenvalue weighted by molar-refractivity contribution is 7.45. The van der Waals surface area contributed by atoms with Crippen LogP contribution >= 0.6 is 7.82 Å². The molecule has 0 saturated carbocycles. The van der Waals surface area contributed by atoms with Crippen molar-refractivity contribution in [1.29, 1.82) is 0 Å². The molecule has 0 aliphatic rings. The summed E-state index contributed by atoms with van der Waals surface area (Å²) in [6.07, 6.45) is 41.4. The molecule has 0 aromatic heterocycles. The van der Waals surface area contributed by atoms with E-state index in [9.17, 15) is 19.4 Å². The average molecular weight is 691 g/mol. The maximum atomic E-state index is 12.6. The van der Waals surface area contributed by atoms with Crippen molar-refractivity contribution in [3.8, 4) is 0 Å². The molecule has 0 spiro atoms. The number of unbranched alkanes of at least 4 members (excludes halogenated alkanes) is 5. The van der Waals surface area contributed by atoms with Gasteiger partial charge >= 0.3 is 0 Å². The number of phosphoric ester groups is 1. The van der Waals surface area contributed by atoms with Gasteiger partial charge in [0.05, 0.1) is 39.9 Å². The van der Waals surface area contributed by atoms with Crippen molar-refractivity contribution in [2.24, 2.45) is 0 Å². The smallest absolute Gasteiger partial charge is 0.268 e.